The molecule has 3 rings (SSSR count). The van der Waals surface area contributed by atoms with E-state index in [-0.39, 0.29) is 0 Å². The van der Waals surface area contributed by atoms with Crippen molar-refractivity contribution in [3.63, 3.8) is 0 Å². The summed E-state index contributed by atoms with van der Waals surface area (Å²) in [4.78, 5) is 6.65. The Labute approximate surface area is 124 Å². The Balaban J connectivity index is 1.76. The van der Waals surface area contributed by atoms with Gasteiger partial charge in [-0.15, -0.1) is 6.58 Å². The molecule has 0 amide bonds. The van der Waals surface area contributed by atoms with Gasteiger partial charge in [0.25, 0.3) is 0 Å². The van der Waals surface area contributed by atoms with Crippen LogP contribution < -0.4 is 9.47 Å². The van der Waals surface area contributed by atoms with Crippen LogP contribution in [0.4, 0.5) is 0 Å². The number of rotatable bonds is 6. The van der Waals surface area contributed by atoms with Gasteiger partial charge in [-0.05, 0) is 18.2 Å². The molecule has 21 heavy (non-hydrogen) atoms. The van der Waals surface area contributed by atoms with E-state index in [1.54, 1.807) is 0 Å². The maximum Gasteiger partial charge on any atom is 0.231 e. The Morgan fingerprint density at radius 3 is 2.90 bits per heavy atom. The Bertz CT molecular complexity index is 613. The largest absolute Gasteiger partial charge is 0.454 e. The predicted molar refractivity (Wildman–Crippen MR) is 81.1 cm³/mol. The summed E-state index contributed by atoms with van der Waals surface area (Å²) in [5.41, 5.74) is 2.17. The number of nitrogens with zero attached hydrogens (tertiary/aromatic N) is 2. The van der Waals surface area contributed by atoms with Crippen LogP contribution in [-0.2, 0) is 13.1 Å². The minimum absolute atomic E-state index is 0.300. The number of hydrogen-bond donors (Lipinski definition) is 0. The monoisotopic (exact) mass is 282 g/mol. The molecule has 4 nitrogen and oxygen atoms in total. The number of ether oxygens (including phenoxy) is 2. The smallest absolute Gasteiger partial charge is 0.231 e. The summed E-state index contributed by atoms with van der Waals surface area (Å²) in [5.74, 6) is 1.68. The van der Waals surface area contributed by atoms with Gasteiger partial charge in [-0.3, -0.25) is 9.88 Å². The lowest BCUT2D eigenvalue weighted by molar-refractivity contribution is 0.172. The first-order chi connectivity index (χ1) is 10.4. The van der Waals surface area contributed by atoms with Crippen LogP contribution in [0.25, 0.3) is 0 Å². The second-order valence-corrected chi connectivity index (χ2v) is 4.93. The Hall–Kier alpha value is -2.33. The molecule has 1 aliphatic rings. The normalized spacial score (nSPS) is 12.6. The van der Waals surface area contributed by atoms with E-state index in [0.717, 1.165) is 42.4 Å². The van der Waals surface area contributed by atoms with Gasteiger partial charge < -0.3 is 9.47 Å². The van der Waals surface area contributed by atoms with Gasteiger partial charge in [0.2, 0.25) is 6.79 Å². The lowest BCUT2D eigenvalue weighted by atomic mass is 10.1. The molecular formula is C17H18N2O2. The van der Waals surface area contributed by atoms with Gasteiger partial charge in [-0.2, -0.15) is 0 Å². The van der Waals surface area contributed by atoms with E-state index in [9.17, 15) is 0 Å². The number of pyridine rings is 1. The van der Waals surface area contributed by atoms with Crippen LogP contribution in [0.5, 0.6) is 11.5 Å². The van der Waals surface area contributed by atoms with Crippen LogP contribution >= 0.6 is 0 Å². The van der Waals surface area contributed by atoms with Gasteiger partial charge in [-0.1, -0.05) is 24.3 Å². The number of para-hydroxylation sites is 1. The van der Waals surface area contributed by atoms with E-state index >= 15 is 0 Å². The number of aromatic nitrogens is 1. The minimum atomic E-state index is 0.300. The van der Waals surface area contributed by atoms with Crippen LogP contribution in [0, 0.1) is 0 Å². The van der Waals surface area contributed by atoms with Crippen LogP contribution in [-0.4, -0.2) is 23.2 Å². The molecule has 1 aliphatic heterocycles. The lowest BCUT2D eigenvalue weighted by Gasteiger charge is -2.21. The number of benzene rings is 1. The van der Waals surface area contributed by atoms with Crippen molar-refractivity contribution in [2.24, 2.45) is 0 Å². The van der Waals surface area contributed by atoms with E-state index in [1.807, 2.05) is 42.6 Å². The summed E-state index contributed by atoms with van der Waals surface area (Å²) in [6, 6.07) is 12.0. The van der Waals surface area contributed by atoms with Gasteiger partial charge in [0, 0.05) is 31.4 Å². The minimum Gasteiger partial charge on any atom is -0.454 e. The van der Waals surface area contributed by atoms with Crippen molar-refractivity contribution in [2.45, 2.75) is 13.1 Å². The highest BCUT2D eigenvalue weighted by Crippen LogP contribution is 2.35. The molecule has 2 aromatic rings. The second-order valence-electron chi connectivity index (χ2n) is 4.93. The number of fused-ring (bicyclic) bond motifs is 1. The fourth-order valence-corrected chi connectivity index (χ4v) is 2.44. The quantitative estimate of drug-likeness (QED) is 0.763. The summed E-state index contributed by atoms with van der Waals surface area (Å²) in [5, 5.41) is 0. The fourth-order valence-electron chi connectivity index (χ4n) is 2.44. The molecule has 108 valence electrons. The highest BCUT2D eigenvalue weighted by Gasteiger charge is 2.18. The van der Waals surface area contributed by atoms with E-state index in [4.69, 9.17) is 9.47 Å². The van der Waals surface area contributed by atoms with Gasteiger partial charge in [-0.25, -0.2) is 0 Å². The maximum atomic E-state index is 5.57. The topological polar surface area (TPSA) is 34.6 Å². The third-order valence-electron chi connectivity index (χ3n) is 3.37. The molecule has 0 saturated heterocycles. The first-order valence-corrected chi connectivity index (χ1v) is 6.97. The molecule has 0 fully saturated rings. The van der Waals surface area contributed by atoms with Crippen molar-refractivity contribution in [1.82, 2.24) is 9.88 Å². The molecule has 0 spiro atoms. The lowest BCUT2D eigenvalue weighted by Crippen LogP contribution is -2.23. The Morgan fingerprint density at radius 1 is 1.14 bits per heavy atom. The van der Waals surface area contributed by atoms with E-state index < -0.39 is 0 Å². The van der Waals surface area contributed by atoms with Crippen LogP contribution in [0.2, 0.25) is 0 Å². The molecule has 0 aliphatic carbocycles. The molecule has 1 aromatic carbocycles. The van der Waals surface area contributed by atoms with Crippen molar-refractivity contribution < 1.29 is 9.47 Å². The van der Waals surface area contributed by atoms with Crippen LogP contribution in [0.3, 0.4) is 0 Å². The molecule has 0 N–H and O–H groups in total. The molecule has 4 heteroatoms. The zero-order chi connectivity index (χ0) is 14.5. The molecule has 0 saturated carbocycles. The van der Waals surface area contributed by atoms with Gasteiger partial charge in [0.1, 0.15) is 0 Å². The van der Waals surface area contributed by atoms with Crippen molar-refractivity contribution in [1.29, 1.82) is 0 Å². The van der Waals surface area contributed by atoms with Gasteiger partial charge >= 0.3 is 0 Å². The van der Waals surface area contributed by atoms with Crippen molar-refractivity contribution in [3.05, 3.63) is 66.5 Å². The fraction of sp³-hybridized carbons (Fsp3) is 0.235. The zero-order valence-corrected chi connectivity index (χ0v) is 11.9. The Morgan fingerprint density at radius 2 is 2.10 bits per heavy atom. The average molecular weight is 282 g/mol. The first-order valence-electron chi connectivity index (χ1n) is 6.97. The number of hydrogen-bond acceptors (Lipinski definition) is 4. The zero-order valence-electron chi connectivity index (χ0n) is 11.9. The standard InChI is InChI=1S/C17H18N2O2/c1-2-10-19(12-15-7-3-4-9-18-15)11-14-6-5-8-16-17(14)21-13-20-16/h2-9H,1,10-13H2. The average Bonchev–Trinajstić information content (AvgIpc) is 2.98. The van der Waals surface area contributed by atoms with E-state index in [0.29, 0.717) is 6.79 Å². The second kappa shape index (κ2) is 6.41. The summed E-state index contributed by atoms with van der Waals surface area (Å²) >= 11 is 0. The molecule has 0 radical (unpaired) electrons. The van der Waals surface area contributed by atoms with Crippen molar-refractivity contribution >= 4 is 0 Å². The van der Waals surface area contributed by atoms with Crippen molar-refractivity contribution in [2.75, 3.05) is 13.3 Å². The van der Waals surface area contributed by atoms with E-state index in [2.05, 4.69) is 22.5 Å². The molecular weight excluding hydrogens is 264 g/mol. The highest BCUT2D eigenvalue weighted by atomic mass is 16.7. The molecule has 1 aromatic heterocycles. The van der Waals surface area contributed by atoms with Crippen LogP contribution in [0.1, 0.15) is 11.3 Å². The van der Waals surface area contributed by atoms with Gasteiger partial charge in [0.05, 0.1) is 5.69 Å². The molecule has 0 bridgehead atoms. The van der Waals surface area contributed by atoms with E-state index in [1.165, 1.54) is 0 Å². The van der Waals surface area contributed by atoms with Crippen molar-refractivity contribution in [3.8, 4) is 11.5 Å². The maximum absolute atomic E-state index is 5.57. The molecule has 0 unspecified atom stereocenters. The van der Waals surface area contributed by atoms with Gasteiger partial charge in [0.15, 0.2) is 11.5 Å². The molecule has 2 heterocycles. The van der Waals surface area contributed by atoms with Crippen LogP contribution in [0.15, 0.2) is 55.3 Å². The SMILES string of the molecule is C=CCN(Cc1ccccn1)Cc1cccc2c1OCO2. The summed E-state index contributed by atoms with van der Waals surface area (Å²) < 4.78 is 11.0. The third-order valence-corrected chi connectivity index (χ3v) is 3.37. The third kappa shape index (κ3) is 3.23. The summed E-state index contributed by atoms with van der Waals surface area (Å²) in [6.07, 6.45) is 3.72. The predicted octanol–water partition coefficient (Wildman–Crippen LogP) is 3.00. The molecule has 0 atom stereocenters. The first kappa shape index (κ1) is 13.6. The highest BCUT2D eigenvalue weighted by molar-refractivity contribution is 5.48. The Kier molecular flexibility index (Phi) is 4.17. The summed E-state index contributed by atoms with van der Waals surface area (Å²) in [7, 11) is 0. The summed E-state index contributed by atoms with van der Waals surface area (Å²) in [6.45, 7) is 6.48.